The highest BCUT2D eigenvalue weighted by Gasteiger charge is 2.07. The first kappa shape index (κ1) is 31.5. The molecule has 0 saturated heterocycles. The third-order valence-corrected chi connectivity index (χ3v) is 7.01. The molecule has 0 heterocycles. The van der Waals surface area contributed by atoms with Crippen LogP contribution >= 0.6 is 0 Å². The van der Waals surface area contributed by atoms with E-state index in [1.54, 1.807) is 6.92 Å². The van der Waals surface area contributed by atoms with Gasteiger partial charge in [0.2, 0.25) is 5.91 Å². The predicted molar refractivity (Wildman–Crippen MR) is 144 cm³/mol. The van der Waals surface area contributed by atoms with Gasteiger partial charge in [-0.25, -0.2) is 0 Å². The summed E-state index contributed by atoms with van der Waals surface area (Å²) in [5, 5.41) is 0. The first-order valence-electron chi connectivity index (χ1n) is 15.0. The van der Waals surface area contributed by atoms with Crippen molar-refractivity contribution in [2.24, 2.45) is 0 Å². The topological polar surface area (TPSA) is 20.3 Å². The molecule has 0 aliphatic heterocycles. The van der Waals surface area contributed by atoms with Gasteiger partial charge in [0.05, 0.1) is 0 Å². The molecular formula is C30H61NO. The number of hydrogen-bond donors (Lipinski definition) is 0. The molecule has 0 aliphatic carbocycles. The summed E-state index contributed by atoms with van der Waals surface area (Å²) in [6, 6.07) is 0. The molecule has 0 aromatic carbocycles. The van der Waals surface area contributed by atoms with Gasteiger partial charge in [0, 0.05) is 20.0 Å². The van der Waals surface area contributed by atoms with Crippen LogP contribution in [0.1, 0.15) is 175 Å². The molecule has 0 aliphatic rings. The summed E-state index contributed by atoms with van der Waals surface area (Å²) >= 11 is 0. The molecule has 2 heteroatoms. The van der Waals surface area contributed by atoms with E-state index in [0.29, 0.717) is 0 Å². The molecule has 0 aromatic rings. The summed E-state index contributed by atoms with van der Waals surface area (Å²) in [5.41, 5.74) is 0. The molecule has 0 saturated carbocycles. The second-order valence-corrected chi connectivity index (χ2v) is 10.3. The van der Waals surface area contributed by atoms with Crippen molar-refractivity contribution in [3.63, 3.8) is 0 Å². The number of rotatable bonds is 26. The van der Waals surface area contributed by atoms with Gasteiger partial charge in [0.15, 0.2) is 0 Å². The van der Waals surface area contributed by atoms with E-state index in [4.69, 9.17) is 0 Å². The van der Waals surface area contributed by atoms with Gasteiger partial charge in [-0.15, -0.1) is 0 Å². The number of amides is 1. The normalized spacial score (nSPS) is 11.2. The average Bonchev–Trinajstić information content (AvgIpc) is 2.78. The first-order chi connectivity index (χ1) is 15.7. The fourth-order valence-corrected chi connectivity index (χ4v) is 4.71. The number of nitrogens with zero attached hydrogens (tertiary/aromatic N) is 1. The fraction of sp³-hybridized carbons (Fsp3) is 0.967. The largest absolute Gasteiger partial charge is 0.343 e. The minimum absolute atomic E-state index is 0.274. The zero-order valence-electron chi connectivity index (χ0n) is 22.7. The summed E-state index contributed by atoms with van der Waals surface area (Å²) in [6.07, 6.45) is 33.1. The lowest BCUT2D eigenvalue weighted by molar-refractivity contribution is -0.129. The minimum Gasteiger partial charge on any atom is -0.343 e. The first-order valence-corrected chi connectivity index (χ1v) is 15.0. The molecule has 0 radical (unpaired) electrons. The third-order valence-electron chi connectivity index (χ3n) is 7.01. The molecule has 0 N–H and O–H groups in total. The molecule has 0 fully saturated rings. The van der Waals surface area contributed by atoms with Crippen molar-refractivity contribution in [1.82, 2.24) is 4.90 Å². The maximum absolute atomic E-state index is 11.9. The molecule has 0 aromatic heterocycles. The molecule has 192 valence electrons. The van der Waals surface area contributed by atoms with Gasteiger partial charge < -0.3 is 4.90 Å². The lowest BCUT2D eigenvalue weighted by atomic mass is 10.0. The van der Waals surface area contributed by atoms with E-state index >= 15 is 0 Å². The summed E-state index contributed by atoms with van der Waals surface area (Å²) in [5.74, 6) is 0.274. The lowest BCUT2D eigenvalue weighted by Crippen LogP contribution is -2.30. The van der Waals surface area contributed by atoms with Crippen molar-refractivity contribution < 1.29 is 4.79 Å². The highest BCUT2D eigenvalue weighted by atomic mass is 16.2. The van der Waals surface area contributed by atoms with Crippen LogP contribution in [0, 0.1) is 0 Å². The van der Waals surface area contributed by atoms with Crippen molar-refractivity contribution in [2.75, 3.05) is 13.1 Å². The molecule has 32 heavy (non-hydrogen) atoms. The van der Waals surface area contributed by atoms with Crippen LogP contribution in [-0.4, -0.2) is 23.9 Å². The van der Waals surface area contributed by atoms with Crippen LogP contribution < -0.4 is 0 Å². The van der Waals surface area contributed by atoms with E-state index in [0.717, 1.165) is 13.1 Å². The number of hydrogen-bond acceptors (Lipinski definition) is 1. The smallest absolute Gasteiger partial charge is 0.219 e. The predicted octanol–water partition coefficient (Wildman–Crippen LogP) is 10.2. The Labute approximate surface area is 203 Å². The van der Waals surface area contributed by atoms with Crippen molar-refractivity contribution >= 4 is 5.91 Å². The van der Waals surface area contributed by atoms with E-state index in [9.17, 15) is 4.79 Å². The van der Waals surface area contributed by atoms with Crippen molar-refractivity contribution in [3.05, 3.63) is 0 Å². The van der Waals surface area contributed by atoms with E-state index < -0.39 is 0 Å². The molecule has 0 unspecified atom stereocenters. The van der Waals surface area contributed by atoms with Crippen molar-refractivity contribution in [2.45, 2.75) is 175 Å². The van der Waals surface area contributed by atoms with Crippen LogP contribution in [0.2, 0.25) is 0 Å². The van der Waals surface area contributed by atoms with Crippen LogP contribution in [0.4, 0.5) is 0 Å². The Morgan fingerprint density at radius 1 is 0.406 bits per heavy atom. The van der Waals surface area contributed by atoms with Gasteiger partial charge >= 0.3 is 0 Å². The van der Waals surface area contributed by atoms with Crippen LogP contribution in [0.3, 0.4) is 0 Å². The van der Waals surface area contributed by atoms with Gasteiger partial charge in [-0.2, -0.15) is 0 Å². The number of unbranched alkanes of at least 4 members (excludes halogenated alkanes) is 22. The fourth-order valence-electron chi connectivity index (χ4n) is 4.71. The number of carbonyl (C=O) groups is 1. The van der Waals surface area contributed by atoms with Crippen LogP contribution in [0.15, 0.2) is 0 Å². The second kappa shape index (κ2) is 26.7. The van der Waals surface area contributed by atoms with Crippen LogP contribution in [0.5, 0.6) is 0 Å². The van der Waals surface area contributed by atoms with Gasteiger partial charge in [0.25, 0.3) is 0 Å². The summed E-state index contributed by atoms with van der Waals surface area (Å²) in [4.78, 5) is 14.0. The van der Waals surface area contributed by atoms with E-state index in [1.165, 1.54) is 154 Å². The standard InChI is InChI=1S/C30H61NO/c1-4-6-8-10-12-14-16-18-20-22-24-26-28-31(30(3)32)29-27-25-23-21-19-17-15-13-11-9-7-5-2/h4-29H2,1-3H3. The molecule has 2 nitrogen and oxygen atoms in total. The second-order valence-electron chi connectivity index (χ2n) is 10.3. The monoisotopic (exact) mass is 451 g/mol. The van der Waals surface area contributed by atoms with Crippen molar-refractivity contribution in [3.8, 4) is 0 Å². The molecule has 0 spiro atoms. The Bertz CT molecular complexity index is 340. The van der Waals surface area contributed by atoms with Gasteiger partial charge in [-0.1, -0.05) is 155 Å². The molecule has 0 rings (SSSR count). The zero-order valence-corrected chi connectivity index (χ0v) is 22.7. The van der Waals surface area contributed by atoms with Gasteiger partial charge in [-0.05, 0) is 12.8 Å². The molecular weight excluding hydrogens is 390 g/mol. The Morgan fingerprint density at radius 3 is 0.844 bits per heavy atom. The third kappa shape index (κ3) is 24.1. The summed E-state index contributed by atoms with van der Waals surface area (Å²) in [6.45, 7) is 8.28. The molecule has 0 atom stereocenters. The van der Waals surface area contributed by atoms with Crippen LogP contribution in [0.25, 0.3) is 0 Å². The Hall–Kier alpha value is -0.530. The van der Waals surface area contributed by atoms with E-state index in [1.807, 2.05) is 0 Å². The molecule has 1 amide bonds. The van der Waals surface area contributed by atoms with Crippen molar-refractivity contribution in [1.29, 1.82) is 0 Å². The maximum Gasteiger partial charge on any atom is 0.219 e. The number of carbonyl (C=O) groups excluding carboxylic acids is 1. The van der Waals surface area contributed by atoms with E-state index in [2.05, 4.69) is 18.7 Å². The highest BCUT2D eigenvalue weighted by Crippen LogP contribution is 2.14. The summed E-state index contributed by atoms with van der Waals surface area (Å²) in [7, 11) is 0. The Kier molecular flexibility index (Phi) is 26.3. The van der Waals surface area contributed by atoms with Crippen LogP contribution in [-0.2, 0) is 4.79 Å². The van der Waals surface area contributed by atoms with E-state index in [-0.39, 0.29) is 5.91 Å². The zero-order chi connectivity index (χ0) is 23.5. The minimum atomic E-state index is 0.274. The van der Waals surface area contributed by atoms with Gasteiger partial charge in [0.1, 0.15) is 0 Å². The quantitative estimate of drug-likeness (QED) is 0.120. The SMILES string of the molecule is CCCCCCCCCCCCCCN(CCCCCCCCCCCCCC)C(C)=O. The lowest BCUT2D eigenvalue weighted by Gasteiger charge is -2.21. The average molecular weight is 452 g/mol. The summed E-state index contributed by atoms with van der Waals surface area (Å²) < 4.78 is 0. The van der Waals surface area contributed by atoms with Gasteiger partial charge in [-0.3, -0.25) is 4.79 Å². The molecule has 0 bridgehead atoms. The Balaban J connectivity index is 3.42. The maximum atomic E-state index is 11.9. The Morgan fingerprint density at radius 2 is 0.625 bits per heavy atom. The highest BCUT2D eigenvalue weighted by molar-refractivity contribution is 5.73.